The highest BCUT2D eigenvalue weighted by molar-refractivity contribution is 6.01. The van der Waals surface area contributed by atoms with Gasteiger partial charge in [0.1, 0.15) is 11.4 Å². The SMILES string of the molecule is CC(C)Oc1ccc(-n2c(C(=O)O)c(CNCCC(O)O)c3cc(-c4ccc(C(F)(F)F)cn4)ccc32)cc1.Cl.Cl. The second kappa shape index (κ2) is 14.0. The molecule has 2 heterocycles. The molecule has 4 aromatic rings. The van der Waals surface area contributed by atoms with E-state index in [1.165, 1.54) is 6.07 Å². The van der Waals surface area contributed by atoms with Gasteiger partial charge in [-0.3, -0.25) is 4.98 Å². The zero-order valence-corrected chi connectivity index (χ0v) is 23.7. The fourth-order valence-corrected chi connectivity index (χ4v) is 4.31. The second-order valence-electron chi connectivity index (χ2n) is 9.24. The van der Waals surface area contributed by atoms with Crippen molar-refractivity contribution < 1.29 is 38.0 Å². The van der Waals surface area contributed by atoms with Crippen molar-refractivity contribution in [3.05, 3.63) is 77.6 Å². The van der Waals surface area contributed by atoms with Crippen LogP contribution in [0.1, 0.15) is 41.9 Å². The van der Waals surface area contributed by atoms with Crippen molar-refractivity contribution in [1.82, 2.24) is 14.9 Å². The van der Waals surface area contributed by atoms with E-state index in [1.54, 1.807) is 47.0 Å². The van der Waals surface area contributed by atoms with Crippen molar-refractivity contribution in [2.45, 2.75) is 45.4 Å². The third-order valence-electron chi connectivity index (χ3n) is 6.01. The molecular formula is C28H30Cl2F3N3O5. The van der Waals surface area contributed by atoms with Gasteiger partial charge in [0.15, 0.2) is 6.29 Å². The van der Waals surface area contributed by atoms with E-state index in [1.807, 2.05) is 13.8 Å². The number of hydrogen-bond donors (Lipinski definition) is 4. The zero-order valence-electron chi connectivity index (χ0n) is 22.1. The van der Waals surface area contributed by atoms with Gasteiger partial charge in [0, 0.05) is 47.9 Å². The Kier molecular flexibility index (Phi) is 11.6. The number of benzene rings is 2. The molecule has 4 N–H and O–H groups in total. The first kappa shape index (κ1) is 33.9. The van der Waals surface area contributed by atoms with Crippen molar-refractivity contribution in [3.8, 4) is 22.7 Å². The van der Waals surface area contributed by atoms with E-state index in [2.05, 4.69) is 10.3 Å². The highest BCUT2D eigenvalue weighted by Gasteiger charge is 2.31. The van der Waals surface area contributed by atoms with Gasteiger partial charge in [-0.2, -0.15) is 13.2 Å². The van der Waals surface area contributed by atoms with E-state index in [0.717, 1.165) is 12.3 Å². The lowest BCUT2D eigenvalue weighted by atomic mass is 10.0. The Hall–Kier alpha value is -3.35. The minimum absolute atomic E-state index is 0. The average molecular weight is 616 g/mol. The maximum Gasteiger partial charge on any atom is 0.417 e. The summed E-state index contributed by atoms with van der Waals surface area (Å²) in [5, 5.41) is 32.2. The topological polar surface area (TPSA) is 117 Å². The highest BCUT2D eigenvalue weighted by Crippen LogP contribution is 2.35. The number of pyridine rings is 1. The van der Waals surface area contributed by atoms with Crippen LogP contribution >= 0.6 is 24.8 Å². The first-order valence-corrected chi connectivity index (χ1v) is 12.2. The molecule has 4 rings (SSSR count). The van der Waals surface area contributed by atoms with Crippen molar-refractivity contribution in [2.75, 3.05) is 6.54 Å². The minimum Gasteiger partial charge on any atom is -0.491 e. The number of hydrogen-bond acceptors (Lipinski definition) is 6. The zero-order chi connectivity index (χ0) is 28.3. The molecule has 8 nitrogen and oxygen atoms in total. The highest BCUT2D eigenvalue weighted by atomic mass is 35.5. The Morgan fingerprint density at radius 3 is 2.27 bits per heavy atom. The number of aliphatic hydroxyl groups is 2. The fourth-order valence-electron chi connectivity index (χ4n) is 4.31. The van der Waals surface area contributed by atoms with Crippen LogP contribution in [0.5, 0.6) is 5.75 Å². The number of nitrogens with one attached hydrogen (secondary N) is 1. The number of rotatable bonds is 10. The summed E-state index contributed by atoms with van der Waals surface area (Å²) in [5.41, 5.74) is 1.52. The molecule has 0 unspecified atom stereocenters. The molecule has 0 fully saturated rings. The molecule has 2 aromatic heterocycles. The van der Waals surface area contributed by atoms with Gasteiger partial charge in [0.2, 0.25) is 0 Å². The Morgan fingerprint density at radius 2 is 1.73 bits per heavy atom. The minimum atomic E-state index is -4.51. The molecule has 0 aliphatic heterocycles. The first-order valence-electron chi connectivity index (χ1n) is 12.2. The molecule has 0 saturated heterocycles. The normalized spacial score (nSPS) is 11.4. The first-order chi connectivity index (χ1) is 18.5. The van der Waals surface area contributed by atoms with Crippen LogP contribution in [-0.4, -0.2) is 49.8 Å². The molecule has 41 heavy (non-hydrogen) atoms. The van der Waals surface area contributed by atoms with Gasteiger partial charge in [-0.25, -0.2) is 4.79 Å². The summed E-state index contributed by atoms with van der Waals surface area (Å²) >= 11 is 0. The third-order valence-corrected chi connectivity index (χ3v) is 6.01. The number of carboxylic acid groups (broad SMARTS) is 1. The largest absolute Gasteiger partial charge is 0.491 e. The Morgan fingerprint density at radius 1 is 1.05 bits per heavy atom. The monoisotopic (exact) mass is 615 g/mol. The van der Waals surface area contributed by atoms with E-state index in [9.17, 15) is 23.1 Å². The lowest BCUT2D eigenvalue weighted by molar-refractivity contribution is -0.137. The van der Waals surface area contributed by atoms with Gasteiger partial charge < -0.3 is 29.9 Å². The number of aromatic carboxylic acids is 1. The molecule has 0 aliphatic rings. The lowest BCUT2D eigenvalue weighted by Gasteiger charge is -2.13. The van der Waals surface area contributed by atoms with Crippen LogP contribution in [0.3, 0.4) is 0 Å². The van der Waals surface area contributed by atoms with Gasteiger partial charge in [-0.1, -0.05) is 6.07 Å². The lowest BCUT2D eigenvalue weighted by Crippen LogP contribution is -2.21. The Balaban J connectivity index is 0.00000294. The maximum absolute atomic E-state index is 13.0. The standard InChI is InChI=1S/C28H28F3N3O5.2ClH/c1-16(2)39-20-7-5-19(6-8-20)34-24-10-3-17(23-9-4-18(14-33-23)28(29,30)31)13-21(24)22(26(34)27(37)38)15-32-12-11-25(35)36;;/h3-10,13-14,16,25,32,35-36H,11-12,15H2,1-2H3,(H,37,38);2*1H. The maximum atomic E-state index is 13.0. The van der Waals surface area contributed by atoms with E-state index in [4.69, 9.17) is 14.9 Å². The van der Waals surface area contributed by atoms with Crippen LogP contribution in [0.2, 0.25) is 0 Å². The van der Waals surface area contributed by atoms with Crippen LogP contribution < -0.4 is 10.1 Å². The Labute approximate surface area is 246 Å². The summed E-state index contributed by atoms with van der Waals surface area (Å²) in [7, 11) is 0. The van der Waals surface area contributed by atoms with Gasteiger partial charge in [-0.15, -0.1) is 24.8 Å². The van der Waals surface area contributed by atoms with Crippen LogP contribution in [0, 0.1) is 0 Å². The van der Waals surface area contributed by atoms with Gasteiger partial charge >= 0.3 is 12.1 Å². The smallest absolute Gasteiger partial charge is 0.417 e. The van der Waals surface area contributed by atoms with Crippen LogP contribution in [0.4, 0.5) is 13.2 Å². The number of aromatic nitrogens is 2. The number of aliphatic hydroxyl groups excluding tert-OH is 1. The van der Waals surface area contributed by atoms with E-state index in [0.29, 0.717) is 39.2 Å². The van der Waals surface area contributed by atoms with Crippen molar-refractivity contribution in [2.24, 2.45) is 0 Å². The number of nitrogens with zero attached hydrogens (tertiary/aromatic N) is 2. The average Bonchev–Trinajstić information content (AvgIpc) is 3.20. The molecule has 0 atom stereocenters. The molecule has 2 aromatic carbocycles. The number of carboxylic acids is 1. The summed E-state index contributed by atoms with van der Waals surface area (Å²) < 4.78 is 46.3. The number of halogens is 5. The van der Waals surface area contributed by atoms with Crippen molar-refractivity contribution in [1.29, 1.82) is 0 Å². The fraction of sp³-hybridized carbons (Fsp3) is 0.286. The molecule has 222 valence electrons. The summed E-state index contributed by atoms with van der Waals surface area (Å²) in [6.07, 6.45) is -5.26. The molecule has 0 saturated carbocycles. The summed E-state index contributed by atoms with van der Waals surface area (Å²) in [6, 6.07) is 14.3. The third kappa shape index (κ3) is 7.90. The van der Waals surface area contributed by atoms with Gasteiger partial charge in [0.05, 0.1) is 22.9 Å². The summed E-state index contributed by atoms with van der Waals surface area (Å²) in [4.78, 5) is 16.5. The number of alkyl halides is 3. The summed E-state index contributed by atoms with van der Waals surface area (Å²) in [5.74, 6) is -0.552. The molecule has 13 heteroatoms. The van der Waals surface area contributed by atoms with Crippen LogP contribution in [-0.2, 0) is 12.7 Å². The predicted octanol–water partition coefficient (Wildman–Crippen LogP) is 5.83. The van der Waals surface area contributed by atoms with E-state index >= 15 is 0 Å². The number of carbonyl (C=O) groups is 1. The molecule has 0 bridgehead atoms. The molecule has 0 radical (unpaired) electrons. The predicted molar refractivity (Wildman–Crippen MR) is 153 cm³/mol. The van der Waals surface area contributed by atoms with Gasteiger partial charge in [0.25, 0.3) is 0 Å². The quantitative estimate of drug-likeness (QED) is 0.131. The van der Waals surface area contributed by atoms with Crippen molar-refractivity contribution in [3.63, 3.8) is 0 Å². The number of ether oxygens (including phenoxy) is 1. The van der Waals surface area contributed by atoms with Crippen LogP contribution in [0.25, 0.3) is 27.8 Å². The second-order valence-corrected chi connectivity index (χ2v) is 9.24. The van der Waals surface area contributed by atoms with E-state index in [-0.39, 0.29) is 56.1 Å². The van der Waals surface area contributed by atoms with Crippen LogP contribution in [0.15, 0.2) is 60.8 Å². The van der Waals surface area contributed by atoms with E-state index < -0.39 is 24.0 Å². The Bertz CT molecular complexity index is 1460. The van der Waals surface area contributed by atoms with Crippen molar-refractivity contribution >= 4 is 41.7 Å². The molecular weight excluding hydrogens is 586 g/mol. The molecule has 0 spiro atoms. The molecule has 0 amide bonds. The number of fused-ring (bicyclic) bond motifs is 1. The summed E-state index contributed by atoms with van der Waals surface area (Å²) in [6.45, 7) is 4.10. The van der Waals surface area contributed by atoms with Gasteiger partial charge in [-0.05, 0) is 62.4 Å². The molecule has 0 aliphatic carbocycles.